The second-order valence-electron chi connectivity index (χ2n) is 5.04. The normalized spacial score (nSPS) is 17.8. The summed E-state index contributed by atoms with van der Waals surface area (Å²) < 4.78 is 0. The van der Waals surface area contributed by atoms with Crippen LogP contribution >= 0.6 is 0 Å². The molecule has 1 N–H and O–H groups in total. The maximum Gasteiger partial charge on any atom is 0.209 e. The topological polar surface area (TPSA) is 32.3 Å². The second-order valence-corrected chi connectivity index (χ2v) is 5.04. The van der Waals surface area contributed by atoms with E-state index in [1.807, 2.05) is 0 Å². The number of hydrogen-bond acceptors (Lipinski definition) is 2. The zero-order chi connectivity index (χ0) is 11.6. The average Bonchev–Trinajstić information content (AvgIpc) is 2.24. The van der Waals surface area contributed by atoms with E-state index in [1.54, 1.807) is 4.90 Å². The molecule has 0 spiro atoms. The summed E-state index contributed by atoms with van der Waals surface area (Å²) in [6.45, 7) is 6.91. The van der Waals surface area contributed by atoms with E-state index < -0.39 is 0 Å². The van der Waals surface area contributed by atoms with Gasteiger partial charge in [-0.3, -0.25) is 4.79 Å². The minimum Gasteiger partial charge on any atom is -0.384 e. The third-order valence-corrected chi connectivity index (χ3v) is 3.09. The van der Waals surface area contributed by atoms with Gasteiger partial charge in [0.1, 0.15) is 0 Å². The Hall–Kier alpha value is -1.51. The molecule has 86 valence electrons. The van der Waals surface area contributed by atoms with Crippen LogP contribution in [0.3, 0.4) is 0 Å². The van der Waals surface area contributed by atoms with Gasteiger partial charge in [0, 0.05) is 30.7 Å². The molecule has 2 rings (SSSR count). The number of aryl methyl sites for hydroxylation is 1. The molecule has 0 saturated carbocycles. The van der Waals surface area contributed by atoms with Crippen molar-refractivity contribution in [3.63, 3.8) is 0 Å². The van der Waals surface area contributed by atoms with E-state index >= 15 is 0 Å². The average molecular weight is 218 g/mol. The summed E-state index contributed by atoms with van der Waals surface area (Å²) in [6.07, 6.45) is 0.924. The number of anilines is 1. The first-order chi connectivity index (χ1) is 7.61. The predicted octanol–water partition coefficient (Wildman–Crippen LogP) is 1.89. The molecular weight excluding hydrogens is 200 g/mol. The van der Waals surface area contributed by atoms with Gasteiger partial charge >= 0.3 is 0 Å². The van der Waals surface area contributed by atoms with Gasteiger partial charge in [-0.05, 0) is 19.1 Å². The van der Waals surface area contributed by atoms with Crippen molar-refractivity contribution < 1.29 is 4.79 Å². The molecule has 16 heavy (non-hydrogen) atoms. The van der Waals surface area contributed by atoms with Gasteiger partial charge in [0.05, 0.1) is 0 Å². The summed E-state index contributed by atoms with van der Waals surface area (Å²) in [4.78, 5) is 12.3. The van der Waals surface area contributed by atoms with Gasteiger partial charge < -0.3 is 10.2 Å². The molecule has 1 aromatic carbocycles. The van der Waals surface area contributed by atoms with Crippen molar-refractivity contribution in [2.75, 3.05) is 25.0 Å². The maximum absolute atomic E-state index is 10.5. The van der Waals surface area contributed by atoms with E-state index in [0.29, 0.717) is 0 Å². The summed E-state index contributed by atoms with van der Waals surface area (Å²) in [6, 6.07) is 8.38. The molecule has 0 radical (unpaired) electrons. The first-order valence-electron chi connectivity index (χ1n) is 5.61. The highest BCUT2D eigenvalue weighted by Crippen LogP contribution is 2.28. The number of rotatable bonds is 4. The lowest BCUT2D eigenvalue weighted by atomic mass is 9.82. The van der Waals surface area contributed by atoms with Gasteiger partial charge in [-0.1, -0.05) is 24.6 Å². The quantitative estimate of drug-likeness (QED) is 0.783. The molecule has 3 nitrogen and oxygen atoms in total. The minimum absolute atomic E-state index is 0.228. The predicted molar refractivity (Wildman–Crippen MR) is 65.4 cm³/mol. The van der Waals surface area contributed by atoms with E-state index in [0.717, 1.165) is 31.7 Å². The highest BCUT2D eigenvalue weighted by Gasteiger charge is 2.37. The van der Waals surface area contributed by atoms with Crippen LogP contribution in [0, 0.1) is 12.3 Å². The van der Waals surface area contributed by atoms with Crippen molar-refractivity contribution in [1.82, 2.24) is 4.90 Å². The monoisotopic (exact) mass is 218 g/mol. The van der Waals surface area contributed by atoms with Gasteiger partial charge in [-0.15, -0.1) is 0 Å². The number of benzene rings is 1. The highest BCUT2D eigenvalue weighted by atomic mass is 16.1. The van der Waals surface area contributed by atoms with Crippen LogP contribution in [0.2, 0.25) is 0 Å². The van der Waals surface area contributed by atoms with Gasteiger partial charge in [0.2, 0.25) is 6.41 Å². The van der Waals surface area contributed by atoms with Gasteiger partial charge in [-0.2, -0.15) is 0 Å². The molecule has 1 aromatic rings. The number of carbonyl (C=O) groups excluding carboxylic acids is 1. The smallest absolute Gasteiger partial charge is 0.209 e. The van der Waals surface area contributed by atoms with E-state index in [9.17, 15) is 4.79 Å². The Morgan fingerprint density at radius 3 is 2.56 bits per heavy atom. The number of nitrogens with zero attached hydrogens (tertiary/aromatic N) is 1. The summed E-state index contributed by atoms with van der Waals surface area (Å²) in [5.74, 6) is 0. The van der Waals surface area contributed by atoms with Crippen molar-refractivity contribution >= 4 is 12.1 Å². The van der Waals surface area contributed by atoms with E-state index in [2.05, 4.69) is 43.4 Å². The largest absolute Gasteiger partial charge is 0.384 e. The molecule has 1 saturated heterocycles. The fourth-order valence-electron chi connectivity index (χ4n) is 2.11. The third-order valence-electron chi connectivity index (χ3n) is 3.09. The fourth-order valence-corrected chi connectivity index (χ4v) is 2.11. The molecule has 0 unspecified atom stereocenters. The lowest BCUT2D eigenvalue weighted by molar-refractivity contribution is -0.127. The van der Waals surface area contributed by atoms with Crippen LogP contribution in [0.25, 0.3) is 0 Å². The number of nitrogens with one attached hydrogen (secondary N) is 1. The summed E-state index contributed by atoms with van der Waals surface area (Å²) in [5, 5.41) is 3.42. The zero-order valence-corrected chi connectivity index (χ0v) is 9.86. The van der Waals surface area contributed by atoms with E-state index in [1.165, 1.54) is 5.56 Å². The van der Waals surface area contributed by atoms with Crippen molar-refractivity contribution in [3.8, 4) is 0 Å². The lowest BCUT2D eigenvalue weighted by Gasteiger charge is -2.46. The summed E-state index contributed by atoms with van der Waals surface area (Å²) >= 11 is 0. The summed E-state index contributed by atoms with van der Waals surface area (Å²) in [5.41, 5.74) is 2.65. The van der Waals surface area contributed by atoms with Crippen molar-refractivity contribution in [2.45, 2.75) is 13.8 Å². The van der Waals surface area contributed by atoms with Crippen LogP contribution in [-0.2, 0) is 4.79 Å². The number of hydrogen-bond donors (Lipinski definition) is 1. The SMILES string of the molecule is Cc1ccc(NCC2(C)CN(C=O)C2)cc1. The Bertz CT molecular complexity index is 366. The Kier molecular flexibility index (Phi) is 2.86. The molecule has 0 aliphatic carbocycles. The highest BCUT2D eigenvalue weighted by molar-refractivity contribution is 5.50. The number of carbonyl (C=O) groups is 1. The Balaban J connectivity index is 1.84. The number of amides is 1. The molecule has 1 aliphatic rings. The molecule has 1 amide bonds. The van der Waals surface area contributed by atoms with Crippen LogP contribution in [0.15, 0.2) is 24.3 Å². The molecule has 0 bridgehead atoms. The van der Waals surface area contributed by atoms with Crippen LogP contribution in [0.4, 0.5) is 5.69 Å². The molecule has 0 aromatic heterocycles. The van der Waals surface area contributed by atoms with E-state index in [4.69, 9.17) is 0 Å². The molecule has 1 aliphatic heterocycles. The molecule has 0 atom stereocenters. The summed E-state index contributed by atoms with van der Waals surface area (Å²) in [7, 11) is 0. The van der Waals surface area contributed by atoms with E-state index in [-0.39, 0.29) is 5.41 Å². The fraction of sp³-hybridized carbons (Fsp3) is 0.462. The first kappa shape index (κ1) is 11.0. The van der Waals surface area contributed by atoms with Gasteiger partial charge in [-0.25, -0.2) is 0 Å². The van der Waals surface area contributed by atoms with Crippen molar-refractivity contribution in [3.05, 3.63) is 29.8 Å². The van der Waals surface area contributed by atoms with Crippen molar-refractivity contribution in [2.24, 2.45) is 5.41 Å². The Labute approximate surface area is 96.5 Å². The standard InChI is InChI=1S/C13H18N2O/c1-11-3-5-12(6-4-11)14-7-13(2)8-15(9-13)10-16/h3-6,10,14H,7-9H2,1-2H3. The number of likely N-dealkylation sites (tertiary alicyclic amines) is 1. The lowest BCUT2D eigenvalue weighted by Crippen LogP contribution is -2.56. The Morgan fingerprint density at radius 2 is 2.00 bits per heavy atom. The van der Waals surface area contributed by atoms with Crippen LogP contribution in [-0.4, -0.2) is 30.9 Å². The second kappa shape index (κ2) is 4.16. The van der Waals surface area contributed by atoms with Crippen LogP contribution in [0.5, 0.6) is 0 Å². The molecule has 1 heterocycles. The molecule has 1 fully saturated rings. The minimum atomic E-state index is 0.228. The Morgan fingerprint density at radius 1 is 1.38 bits per heavy atom. The molecular formula is C13H18N2O. The third kappa shape index (κ3) is 2.35. The van der Waals surface area contributed by atoms with Crippen molar-refractivity contribution in [1.29, 1.82) is 0 Å². The van der Waals surface area contributed by atoms with Gasteiger partial charge in [0.15, 0.2) is 0 Å². The van der Waals surface area contributed by atoms with Crippen LogP contribution in [0.1, 0.15) is 12.5 Å². The maximum atomic E-state index is 10.5. The van der Waals surface area contributed by atoms with Gasteiger partial charge in [0.25, 0.3) is 0 Å². The zero-order valence-electron chi connectivity index (χ0n) is 9.86. The first-order valence-corrected chi connectivity index (χ1v) is 5.61. The van der Waals surface area contributed by atoms with Crippen LogP contribution < -0.4 is 5.32 Å². The molecule has 3 heteroatoms.